The van der Waals surface area contributed by atoms with Crippen molar-refractivity contribution in [2.75, 3.05) is 0 Å². The number of hydrogen-bond donors (Lipinski definition) is 1. The third-order valence-electron chi connectivity index (χ3n) is 6.23. The number of rotatable bonds is 2. The highest BCUT2D eigenvalue weighted by molar-refractivity contribution is 6.08. The Kier molecular flexibility index (Phi) is 8.35. The molecule has 9 heteroatoms. The highest BCUT2D eigenvalue weighted by Crippen LogP contribution is 2.30. The van der Waals surface area contributed by atoms with E-state index in [2.05, 4.69) is 4.98 Å². The maximum atomic E-state index is 13.0. The summed E-state index contributed by atoms with van der Waals surface area (Å²) in [5, 5.41) is 0. The van der Waals surface area contributed by atoms with Gasteiger partial charge < -0.3 is 15.2 Å². The quantitative estimate of drug-likeness (QED) is 0.525. The van der Waals surface area contributed by atoms with E-state index in [0.717, 1.165) is 4.57 Å². The summed E-state index contributed by atoms with van der Waals surface area (Å²) >= 11 is 0. The number of aromatic nitrogens is 2. The molecule has 1 aromatic rings. The van der Waals surface area contributed by atoms with Gasteiger partial charge in [0, 0.05) is 24.7 Å². The second-order valence-corrected chi connectivity index (χ2v) is 9.42. The maximum absolute atomic E-state index is 13.0. The molecular formula is C24H35N3O6. The molecule has 5 atom stereocenters. The van der Waals surface area contributed by atoms with Gasteiger partial charge >= 0.3 is 12.1 Å². The number of hydrogen-bond acceptors (Lipinski definition) is 8. The Bertz CT molecular complexity index is 921. The van der Waals surface area contributed by atoms with Crippen molar-refractivity contribution in [2.45, 2.75) is 84.5 Å². The van der Waals surface area contributed by atoms with Crippen molar-refractivity contribution in [3.8, 4) is 0 Å². The van der Waals surface area contributed by atoms with Crippen LogP contribution >= 0.6 is 0 Å². The molecule has 2 heterocycles. The first kappa shape index (κ1) is 26.4. The van der Waals surface area contributed by atoms with Crippen molar-refractivity contribution in [1.29, 1.82) is 0 Å². The van der Waals surface area contributed by atoms with Crippen molar-refractivity contribution in [1.82, 2.24) is 9.55 Å². The monoisotopic (exact) mass is 461 g/mol. The number of nitrogens with zero attached hydrogens (tertiary/aromatic N) is 2. The van der Waals surface area contributed by atoms with E-state index in [9.17, 15) is 19.2 Å². The van der Waals surface area contributed by atoms with Gasteiger partial charge in [0.15, 0.2) is 22.7 Å². The Morgan fingerprint density at radius 2 is 1.97 bits per heavy atom. The number of carbonyl (C=O) groups excluding carboxylic acids is 4. The Labute approximate surface area is 194 Å². The van der Waals surface area contributed by atoms with Gasteiger partial charge in [0.2, 0.25) is 0 Å². The molecule has 33 heavy (non-hydrogen) atoms. The molecule has 0 amide bonds. The first-order valence-electron chi connectivity index (χ1n) is 11.3. The summed E-state index contributed by atoms with van der Waals surface area (Å²) in [4.78, 5) is 55.4. The fraction of sp³-hybridized carbons (Fsp3) is 0.625. The lowest BCUT2D eigenvalue weighted by Gasteiger charge is -2.36. The molecule has 1 aliphatic heterocycles. The zero-order chi connectivity index (χ0) is 25.0. The fourth-order valence-corrected chi connectivity index (χ4v) is 4.18. The van der Waals surface area contributed by atoms with Gasteiger partial charge in [-0.2, -0.15) is 0 Å². The maximum Gasteiger partial charge on any atom is 0.420 e. The second kappa shape index (κ2) is 10.4. The lowest BCUT2D eigenvalue weighted by molar-refractivity contribution is -0.168. The Morgan fingerprint density at radius 3 is 2.55 bits per heavy atom. The zero-order valence-corrected chi connectivity index (χ0v) is 20.3. The first-order valence-corrected chi connectivity index (χ1v) is 11.3. The van der Waals surface area contributed by atoms with E-state index in [1.165, 1.54) is 31.7 Å². The summed E-state index contributed by atoms with van der Waals surface area (Å²) in [7, 11) is 0. The molecule has 1 aliphatic rings. The van der Waals surface area contributed by atoms with Gasteiger partial charge in [0.1, 0.15) is 12.4 Å². The number of Topliss-reactive ketones (excluding diaryl/α,β-unsaturated/α-hetero) is 2. The number of carbonyl (C=O) groups is 4. The van der Waals surface area contributed by atoms with E-state index in [1.54, 1.807) is 27.7 Å². The van der Waals surface area contributed by atoms with Crippen LogP contribution in [0, 0.1) is 11.8 Å². The van der Waals surface area contributed by atoms with Crippen molar-refractivity contribution in [2.24, 2.45) is 17.6 Å². The van der Waals surface area contributed by atoms with Crippen molar-refractivity contribution in [3.63, 3.8) is 0 Å². The van der Waals surface area contributed by atoms with Gasteiger partial charge in [-0.25, -0.2) is 19.1 Å². The third-order valence-corrected chi connectivity index (χ3v) is 6.23. The smallest absolute Gasteiger partial charge is 0.420 e. The van der Waals surface area contributed by atoms with Crippen LogP contribution in [0.4, 0.5) is 4.79 Å². The molecule has 0 fully saturated rings. The first-order chi connectivity index (χ1) is 15.3. The van der Waals surface area contributed by atoms with Gasteiger partial charge in [-0.05, 0) is 57.6 Å². The van der Waals surface area contributed by atoms with Crippen LogP contribution in [-0.2, 0) is 23.9 Å². The second-order valence-electron chi connectivity index (χ2n) is 9.42. The molecule has 0 saturated carbocycles. The molecule has 0 aromatic carbocycles. The SMILES string of the molecule is CC[C@H]1OC(=O)[C@@](C)(N)C(=O)[C@H](C)C[C@@H](C)CCC(=O)/C(C)=C/[C@]1(C)OC(=O)n1ccnc1. The minimum atomic E-state index is -1.86. The highest BCUT2D eigenvalue weighted by Gasteiger charge is 2.46. The van der Waals surface area contributed by atoms with E-state index in [-0.39, 0.29) is 24.5 Å². The number of esters is 1. The average molecular weight is 462 g/mol. The topological polar surface area (TPSA) is 131 Å². The summed E-state index contributed by atoms with van der Waals surface area (Å²) in [6.07, 6.45) is 5.50. The summed E-state index contributed by atoms with van der Waals surface area (Å²) in [5.74, 6) is -1.85. The lowest BCUT2D eigenvalue weighted by Crippen LogP contribution is -2.57. The van der Waals surface area contributed by atoms with Gasteiger partial charge in [-0.3, -0.25) is 9.59 Å². The van der Waals surface area contributed by atoms with E-state index in [1.807, 2.05) is 6.92 Å². The molecular weight excluding hydrogens is 426 g/mol. The molecule has 1 aromatic heterocycles. The van der Waals surface area contributed by atoms with E-state index < -0.39 is 41.0 Å². The minimum absolute atomic E-state index is 0.0734. The average Bonchev–Trinajstić information content (AvgIpc) is 3.29. The molecule has 2 rings (SSSR count). The number of ether oxygens (including phenoxy) is 2. The van der Waals surface area contributed by atoms with E-state index in [4.69, 9.17) is 15.2 Å². The number of ketones is 2. The predicted octanol–water partition coefficient (Wildman–Crippen LogP) is 3.21. The largest absolute Gasteiger partial charge is 0.456 e. The summed E-state index contributed by atoms with van der Waals surface area (Å²) in [5.41, 5.74) is 3.21. The Balaban J connectivity index is 2.52. The molecule has 0 bridgehead atoms. The van der Waals surface area contributed by atoms with E-state index >= 15 is 0 Å². The summed E-state index contributed by atoms with van der Waals surface area (Å²) in [6.45, 7) is 9.98. The molecule has 0 saturated heterocycles. The number of imidazole rings is 1. The van der Waals surface area contributed by atoms with Crippen LogP contribution in [0.25, 0.3) is 0 Å². The fourth-order valence-electron chi connectivity index (χ4n) is 4.18. The molecule has 0 aliphatic carbocycles. The Hall–Kier alpha value is -2.81. The number of cyclic esters (lactones) is 1. The number of allylic oxidation sites excluding steroid dienone is 1. The van der Waals surface area contributed by atoms with Crippen molar-refractivity contribution >= 4 is 23.6 Å². The predicted molar refractivity (Wildman–Crippen MR) is 121 cm³/mol. The van der Waals surface area contributed by atoms with Crippen molar-refractivity contribution in [3.05, 3.63) is 30.4 Å². The van der Waals surface area contributed by atoms with Crippen LogP contribution in [0.5, 0.6) is 0 Å². The standard InChI is InChI=1S/C24H35N3O6/c1-7-19-23(5,33-22(31)27-11-10-26-14-27)13-17(4)18(28)9-8-15(2)12-16(3)20(29)24(6,25)21(30)32-19/h10-11,13-16,19H,7-9,12,25H2,1-6H3/b17-13+/t15-,16+,19+,23-,24-/m0/s1. The molecule has 2 N–H and O–H groups in total. The van der Waals surface area contributed by atoms with Gasteiger partial charge in [-0.15, -0.1) is 0 Å². The minimum Gasteiger partial charge on any atom is -0.456 e. The normalized spacial score (nSPS) is 34.1. The van der Waals surface area contributed by atoms with Crippen LogP contribution in [0.3, 0.4) is 0 Å². The highest BCUT2D eigenvalue weighted by atomic mass is 16.6. The molecule has 182 valence electrons. The number of nitrogens with two attached hydrogens (primary N) is 1. The van der Waals surface area contributed by atoms with Crippen LogP contribution in [0.1, 0.15) is 67.2 Å². The molecule has 9 nitrogen and oxygen atoms in total. The Morgan fingerprint density at radius 1 is 1.30 bits per heavy atom. The lowest BCUT2D eigenvalue weighted by atomic mass is 9.82. The summed E-state index contributed by atoms with van der Waals surface area (Å²) < 4.78 is 12.6. The molecule has 0 unspecified atom stereocenters. The third kappa shape index (κ3) is 6.16. The van der Waals surface area contributed by atoms with Gasteiger partial charge in [0.05, 0.1) is 0 Å². The van der Waals surface area contributed by atoms with Crippen LogP contribution in [0.2, 0.25) is 0 Å². The van der Waals surface area contributed by atoms with Crippen molar-refractivity contribution < 1.29 is 28.7 Å². The van der Waals surface area contributed by atoms with Gasteiger partial charge in [-0.1, -0.05) is 20.8 Å². The van der Waals surface area contributed by atoms with E-state index in [0.29, 0.717) is 18.4 Å². The van der Waals surface area contributed by atoms with Crippen LogP contribution < -0.4 is 5.73 Å². The van der Waals surface area contributed by atoms with Crippen LogP contribution in [-0.4, -0.2) is 50.4 Å². The summed E-state index contributed by atoms with van der Waals surface area (Å²) in [6, 6.07) is 0. The molecule has 0 radical (unpaired) electrons. The van der Waals surface area contributed by atoms with Gasteiger partial charge in [0.25, 0.3) is 0 Å². The molecule has 0 spiro atoms. The zero-order valence-electron chi connectivity index (χ0n) is 20.3. The van der Waals surface area contributed by atoms with Crippen LogP contribution in [0.15, 0.2) is 30.4 Å².